The van der Waals surface area contributed by atoms with Gasteiger partial charge in [-0.05, 0) is 24.6 Å². The molecule has 1 amide bonds. The molecule has 2 rings (SSSR count). The highest BCUT2D eigenvalue weighted by molar-refractivity contribution is 5.76. The minimum atomic E-state index is -2.91. The Morgan fingerprint density at radius 3 is 2.44 bits per heavy atom. The van der Waals surface area contributed by atoms with Crippen LogP contribution in [0.1, 0.15) is 31.4 Å². The summed E-state index contributed by atoms with van der Waals surface area (Å²) in [5.41, 5.74) is 0.530. The van der Waals surface area contributed by atoms with Crippen molar-refractivity contribution in [1.29, 1.82) is 0 Å². The molecule has 4 nitrogen and oxygen atoms in total. The highest BCUT2D eigenvalue weighted by Gasteiger charge is 2.18. The lowest BCUT2D eigenvalue weighted by Crippen LogP contribution is -2.29. The van der Waals surface area contributed by atoms with Gasteiger partial charge in [-0.25, -0.2) is 0 Å². The van der Waals surface area contributed by atoms with E-state index in [0.717, 1.165) is 0 Å². The Morgan fingerprint density at radius 1 is 1.08 bits per heavy atom. The van der Waals surface area contributed by atoms with Crippen molar-refractivity contribution in [1.82, 2.24) is 5.32 Å². The molecule has 0 fully saturated rings. The maximum Gasteiger partial charge on any atom is 0.387 e. The summed E-state index contributed by atoms with van der Waals surface area (Å²) in [6.45, 7) is -0.805. The Kier molecular flexibility index (Phi) is 7.19. The lowest BCUT2D eigenvalue weighted by atomic mass is 10.0. The number of alkyl halides is 2. The van der Waals surface area contributed by atoms with Gasteiger partial charge in [0, 0.05) is 5.56 Å². The fourth-order valence-corrected chi connectivity index (χ4v) is 2.42. The normalized spacial score (nSPS) is 11.8. The van der Waals surface area contributed by atoms with E-state index in [-0.39, 0.29) is 24.7 Å². The van der Waals surface area contributed by atoms with Crippen LogP contribution in [0.25, 0.3) is 0 Å². The van der Waals surface area contributed by atoms with Crippen LogP contribution in [0.3, 0.4) is 0 Å². The van der Waals surface area contributed by atoms with Crippen LogP contribution < -0.4 is 14.8 Å². The van der Waals surface area contributed by atoms with Crippen molar-refractivity contribution in [2.45, 2.75) is 32.4 Å². The first-order valence-corrected chi connectivity index (χ1v) is 8.11. The molecule has 2 aromatic carbocycles. The lowest BCUT2D eigenvalue weighted by Gasteiger charge is -2.20. The number of nitrogens with one attached hydrogen (secondary N) is 1. The Balaban J connectivity index is 1.91. The number of hydrogen-bond donors (Lipinski definition) is 1. The van der Waals surface area contributed by atoms with Crippen molar-refractivity contribution < 1.29 is 23.0 Å². The van der Waals surface area contributed by atoms with E-state index < -0.39 is 12.7 Å². The van der Waals surface area contributed by atoms with Gasteiger partial charge in [-0.2, -0.15) is 8.78 Å². The first-order chi connectivity index (χ1) is 12.1. The number of hydrogen-bond acceptors (Lipinski definition) is 3. The molecule has 6 heteroatoms. The van der Waals surface area contributed by atoms with Crippen molar-refractivity contribution in [3.63, 3.8) is 0 Å². The highest BCUT2D eigenvalue weighted by Crippen LogP contribution is 2.28. The molecule has 25 heavy (non-hydrogen) atoms. The van der Waals surface area contributed by atoms with E-state index in [9.17, 15) is 13.6 Å². The average Bonchev–Trinajstić information content (AvgIpc) is 2.61. The summed E-state index contributed by atoms with van der Waals surface area (Å²) in [6, 6.07) is 15.3. The molecule has 0 unspecified atom stereocenters. The molecule has 0 aliphatic heterocycles. The van der Waals surface area contributed by atoms with E-state index in [4.69, 9.17) is 4.74 Å². The van der Waals surface area contributed by atoms with Crippen LogP contribution in [0.5, 0.6) is 11.5 Å². The zero-order valence-electron chi connectivity index (χ0n) is 14.0. The fourth-order valence-electron chi connectivity index (χ4n) is 2.42. The first-order valence-electron chi connectivity index (χ1n) is 8.11. The van der Waals surface area contributed by atoms with Crippen molar-refractivity contribution in [2.24, 2.45) is 0 Å². The van der Waals surface area contributed by atoms with Crippen LogP contribution in [-0.2, 0) is 4.79 Å². The second-order valence-electron chi connectivity index (χ2n) is 5.36. The third kappa shape index (κ3) is 6.06. The molecule has 0 aliphatic carbocycles. The monoisotopic (exact) mass is 349 g/mol. The van der Waals surface area contributed by atoms with Crippen molar-refractivity contribution in [3.05, 3.63) is 60.2 Å². The molecule has 0 saturated heterocycles. The average molecular weight is 349 g/mol. The Labute approximate surface area is 145 Å². The van der Waals surface area contributed by atoms with Gasteiger partial charge < -0.3 is 14.8 Å². The van der Waals surface area contributed by atoms with Gasteiger partial charge in [-0.1, -0.05) is 43.3 Å². The number of halogens is 2. The number of carbonyl (C=O) groups is 1. The lowest BCUT2D eigenvalue weighted by molar-refractivity contribution is -0.122. The summed E-state index contributed by atoms with van der Waals surface area (Å²) in [4.78, 5) is 12.1. The fraction of sp³-hybridized carbons (Fsp3) is 0.316. The summed E-state index contributed by atoms with van der Waals surface area (Å²) in [5, 5.41) is 2.84. The topological polar surface area (TPSA) is 47.6 Å². The molecule has 0 aliphatic rings. The molecule has 1 atom stereocenters. The van der Waals surface area contributed by atoms with Gasteiger partial charge in [0.05, 0.1) is 19.1 Å². The van der Waals surface area contributed by atoms with Gasteiger partial charge in [-0.15, -0.1) is 0 Å². The predicted molar refractivity (Wildman–Crippen MR) is 90.8 cm³/mol. The quantitative estimate of drug-likeness (QED) is 0.733. The van der Waals surface area contributed by atoms with Gasteiger partial charge >= 0.3 is 6.61 Å². The Hall–Kier alpha value is -2.63. The minimum absolute atomic E-state index is 0.0742. The predicted octanol–water partition coefficient (Wildman–Crippen LogP) is 4.32. The molecule has 0 bridgehead atoms. The van der Waals surface area contributed by atoms with Crippen LogP contribution in [0, 0.1) is 0 Å². The molecular formula is C19H21F2NO3. The van der Waals surface area contributed by atoms with E-state index in [0.29, 0.717) is 17.7 Å². The van der Waals surface area contributed by atoms with Crippen molar-refractivity contribution in [3.8, 4) is 11.5 Å². The Bertz CT molecular complexity index is 665. The first kappa shape index (κ1) is 18.7. The molecule has 0 radical (unpaired) electrons. The van der Waals surface area contributed by atoms with E-state index in [1.54, 1.807) is 18.2 Å². The third-order valence-electron chi connectivity index (χ3n) is 3.60. The van der Waals surface area contributed by atoms with E-state index in [1.165, 1.54) is 6.07 Å². The number of benzene rings is 2. The van der Waals surface area contributed by atoms with Gasteiger partial charge in [0.2, 0.25) is 5.91 Å². The van der Waals surface area contributed by atoms with Crippen LogP contribution in [-0.4, -0.2) is 19.1 Å². The molecule has 0 heterocycles. The smallest absolute Gasteiger partial charge is 0.387 e. The van der Waals surface area contributed by atoms with E-state index in [2.05, 4.69) is 10.1 Å². The molecular weight excluding hydrogens is 328 g/mol. The van der Waals surface area contributed by atoms with Gasteiger partial charge in [0.15, 0.2) is 0 Å². The summed E-state index contributed by atoms with van der Waals surface area (Å²) in [6.07, 6.45) is 0.720. The molecule has 0 aromatic heterocycles. The largest absolute Gasteiger partial charge is 0.493 e. The highest BCUT2D eigenvalue weighted by atomic mass is 19.3. The van der Waals surface area contributed by atoms with Gasteiger partial charge in [-0.3, -0.25) is 4.79 Å². The van der Waals surface area contributed by atoms with E-state index >= 15 is 0 Å². The maximum absolute atomic E-state index is 12.5. The summed E-state index contributed by atoms with van der Waals surface area (Å²) < 4.78 is 35.1. The third-order valence-corrected chi connectivity index (χ3v) is 3.60. The standard InChI is InChI=1S/C19H21F2NO3/c1-2-16(15-10-6-7-11-17(15)25-19(20)21)22-18(23)12-13-24-14-8-4-3-5-9-14/h3-11,16,19H,2,12-13H2,1H3,(H,22,23)/t16-/m0/s1. The summed E-state index contributed by atoms with van der Waals surface area (Å²) >= 11 is 0. The Morgan fingerprint density at radius 2 is 1.76 bits per heavy atom. The minimum Gasteiger partial charge on any atom is -0.493 e. The van der Waals surface area contributed by atoms with E-state index in [1.807, 2.05) is 37.3 Å². The molecule has 0 spiro atoms. The SMILES string of the molecule is CC[C@H](NC(=O)CCOc1ccccc1)c1ccccc1OC(F)F. The number of rotatable bonds is 9. The zero-order valence-corrected chi connectivity index (χ0v) is 14.0. The molecule has 134 valence electrons. The van der Waals surface area contributed by atoms with Crippen LogP contribution in [0.15, 0.2) is 54.6 Å². The van der Waals surface area contributed by atoms with Crippen molar-refractivity contribution in [2.75, 3.05) is 6.61 Å². The number of amides is 1. The second-order valence-corrected chi connectivity index (χ2v) is 5.36. The van der Waals surface area contributed by atoms with Crippen LogP contribution in [0.4, 0.5) is 8.78 Å². The second kappa shape index (κ2) is 9.61. The van der Waals surface area contributed by atoms with Gasteiger partial charge in [0.25, 0.3) is 0 Å². The zero-order chi connectivity index (χ0) is 18.1. The van der Waals surface area contributed by atoms with Crippen LogP contribution in [0.2, 0.25) is 0 Å². The molecule has 0 saturated carbocycles. The number of para-hydroxylation sites is 2. The van der Waals surface area contributed by atoms with Crippen LogP contribution >= 0.6 is 0 Å². The number of carbonyl (C=O) groups excluding carboxylic acids is 1. The van der Waals surface area contributed by atoms with Gasteiger partial charge in [0.1, 0.15) is 11.5 Å². The molecule has 1 N–H and O–H groups in total. The molecule has 2 aromatic rings. The maximum atomic E-state index is 12.5. The number of ether oxygens (including phenoxy) is 2. The summed E-state index contributed by atoms with van der Waals surface area (Å²) in [5.74, 6) is 0.554. The van der Waals surface area contributed by atoms with Crippen molar-refractivity contribution >= 4 is 5.91 Å². The summed E-state index contributed by atoms with van der Waals surface area (Å²) in [7, 11) is 0.